The van der Waals surface area contributed by atoms with Crippen molar-refractivity contribution in [3.63, 3.8) is 0 Å². The van der Waals surface area contributed by atoms with E-state index in [4.69, 9.17) is 4.74 Å². The Labute approximate surface area is 151 Å². The molecule has 0 amide bonds. The SMILES string of the molecule is CCC(C)CC1(CC)CCC(OC(/C=C(/C)C(C)CC)NC)CC1. The van der Waals surface area contributed by atoms with Crippen molar-refractivity contribution in [3.8, 4) is 0 Å². The topological polar surface area (TPSA) is 21.3 Å². The molecule has 0 aliphatic heterocycles. The second kappa shape index (κ2) is 10.6. The molecular weight excluding hydrogens is 294 g/mol. The van der Waals surface area contributed by atoms with Gasteiger partial charge in [-0.15, -0.1) is 0 Å². The third kappa shape index (κ3) is 6.52. The minimum Gasteiger partial charge on any atom is -0.356 e. The maximum absolute atomic E-state index is 6.39. The number of hydrogen-bond acceptors (Lipinski definition) is 2. The van der Waals surface area contributed by atoms with Gasteiger partial charge >= 0.3 is 0 Å². The van der Waals surface area contributed by atoms with Crippen LogP contribution in [-0.2, 0) is 4.74 Å². The van der Waals surface area contributed by atoms with Gasteiger partial charge in [0.15, 0.2) is 0 Å². The van der Waals surface area contributed by atoms with Gasteiger partial charge in [-0.3, -0.25) is 5.32 Å². The highest BCUT2D eigenvalue weighted by atomic mass is 16.5. The van der Waals surface area contributed by atoms with Crippen molar-refractivity contribution in [2.24, 2.45) is 17.3 Å². The first-order valence-corrected chi connectivity index (χ1v) is 10.4. The van der Waals surface area contributed by atoms with Gasteiger partial charge in [0, 0.05) is 0 Å². The standard InChI is InChI=1S/C22H43NO/c1-8-17(4)16-22(10-3)13-11-20(12-14-22)24-21(23-7)15-19(6)18(5)9-2/h15,17-18,20-21,23H,8-14,16H2,1-7H3/b19-15-. The summed E-state index contributed by atoms with van der Waals surface area (Å²) < 4.78 is 6.39. The van der Waals surface area contributed by atoms with Crippen LogP contribution < -0.4 is 5.32 Å². The molecule has 0 bridgehead atoms. The molecule has 0 spiro atoms. The van der Waals surface area contributed by atoms with Crippen molar-refractivity contribution in [2.75, 3.05) is 7.05 Å². The lowest BCUT2D eigenvalue weighted by Gasteiger charge is -2.42. The minimum atomic E-state index is 0.0627. The molecule has 24 heavy (non-hydrogen) atoms. The van der Waals surface area contributed by atoms with Gasteiger partial charge in [-0.25, -0.2) is 0 Å². The monoisotopic (exact) mass is 337 g/mol. The highest BCUT2D eigenvalue weighted by Crippen LogP contribution is 2.45. The van der Waals surface area contributed by atoms with Crippen LogP contribution in [0.15, 0.2) is 11.6 Å². The van der Waals surface area contributed by atoms with Gasteiger partial charge in [-0.2, -0.15) is 0 Å². The molecule has 0 aromatic heterocycles. The Kier molecular flexibility index (Phi) is 9.59. The van der Waals surface area contributed by atoms with Crippen LogP contribution in [0, 0.1) is 17.3 Å². The van der Waals surface area contributed by atoms with Gasteiger partial charge in [0.2, 0.25) is 0 Å². The van der Waals surface area contributed by atoms with Crippen LogP contribution in [0.5, 0.6) is 0 Å². The summed E-state index contributed by atoms with van der Waals surface area (Å²) in [5, 5.41) is 3.34. The number of nitrogens with one attached hydrogen (secondary N) is 1. The molecule has 1 N–H and O–H groups in total. The first-order valence-electron chi connectivity index (χ1n) is 10.4. The van der Waals surface area contributed by atoms with Gasteiger partial charge in [-0.1, -0.05) is 53.0 Å². The second-order valence-corrected chi connectivity index (χ2v) is 8.34. The Bertz CT molecular complexity index is 368. The Morgan fingerprint density at radius 3 is 2.25 bits per heavy atom. The van der Waals surface area contributed by atoms with Gasteiger partial charge in [0.1, 0.15) is 6.23 Å². The lowest BCUT2D eigenvalue weighted by molar-refractivity contribution is -0.0457. The van der Waals surface area contributed by atoms with Crippen LogP contribution in [0.2, 0.25) is 0 Å². The maximum atomic E-state index is 6.39. The Balaban J connectivity index is 2.57. The third-order valence-electron chi connectivity index (χ3n) is 6.65. The zero-order valence-corrected chi connectivity index (χ0v) is 17.5. The minimum absolute atomic E-state index is 0.0627. The van der Waals surface area contributed by atoms with Crippen molar-refractivity contribution in [3.05, 3.63) is 11.6 Å². The molecule has 3 atom stereocenters. The van der Waals surface area contributed by atoms with Crippen molar-refractivity contribution in [1.29, 1.82) is 0 Å². The van der Waals surface area contributed by atoms with Gasteiger partial charge in [0.25, 0.3) is 0 Å². The van der Waals surface area contributed by atoms with E-state index in [1.54, 1.807) is 0 Å². The van der Waals surface area contributed by atoms with Crippen LogP contribution in [0.25, 0.3) is 0 Å². The maximum Gasteiger partial charge on any atom is 0.127 e. The largest absolute Gasteiger partial charge is 0.356 e. The molecule has 1 rings (SSSR count). The summed E-state index contributed by atoms with van der Waals surface area (Å²) >= 11 is 0. The Morgan fingerprint density at radius 1 is 1.17 bits per heavy atom. The molecule has 1 saturated carbocycles. The number of allylic oxidation sites excluding steroid dienone is 1. The van der Waals surface area contributed by atoms with Crippen LogP contribution in [0.1, 0.15) is 92.9 Å². The number of hydrogen-bond donors (Lipinski definition) is 1. The summed E-state index contributed by atoms with van der Waals surface area (Å²) in [4.78, 5) is 0. The summed E-state index contributed by atoms with van der Waals surface area (Å²) in [6, 6.07) is 0. The Hall–Kier alpha value is -0.340. The van der Waals surface area contributed by atoms with Crippen LogP contribution in [-0.4, -0.2) is 19.4 Å². The third-order valence-corrected chi connectivity index (χ3v) is 6.65. The average molecular weight is 338 g/mol. The summed E-state index contributed by atoms with van der Waals surface area (Å²) in [6.07, 6.45) is 13.1. The number of ether oxygens (including phenoxy) is 1. The van der Waals surface area contributed by atoms with Gasteiger partial charge < -0.3 is 4.74 Å². The van der Waals surface area contributed by atoms with E-state index in [0.29, 0.717) is 17.4 Å². The first-order chi connectivity index (χ1) is 11.4. The van der Waals surface area contributed by atoms with Crippen molar-refractivity contribution in [2.45, 2.75) is 105 Å². The molecule has 0 radical (unpaired) electrons. The zero-order valence-electron chi connectivity index (χ0n) is 17.5. The average Bonchev–Trinajstić information content (AvgIpc) is 2.61. The molecule has 0 heterocycles. The summed E-state index contributed by atoms with van der Waals surface area (Å²) in [7, 11) is 2.01. The van der Waals surface area contributed by atoms with Crippen molar-refractivity contribution < 1.29 is 4.74 Å². The molecule has 1 aliphatic carbocycles. The Morgan fingerprint density at radius 2 is 1.79 bits per heavy atom. The second-order valence-electron chi connectivity index (χ2n) is 8.34. The van der Waals surface area contributed by atoms with Crippen molar-refractivity contribution >= 4 is 0 Å². The van der Waals surface area contributed by atoms with E-state index < -0.39 is 0 Å². The molecule has 0 saturated heterocycles. The zero-order chi connectivity index (χ0) is 18.2. The van der Waals surface area contributed by atoms with Crippen LogP contribution in [0.3, 0.4) is 0 Å². The predicted octanol–water partition coefficient (Wildman–Crippen LogP) is 6.32. The normalized spacial score (nSPS) is 29.3. The van der Waals surface area contributed by atoms with Crippen LogP contribution >= 0.6 is 0 Å². The quantitative estimate of drug-likeness (QED) is 0.372. The predicted molar refractivity (Wildman–Crippen MR) is 106 cm³/mol. The first kappa shape index (κ1) is 21.7. The molecule has 2 heteroatoms. The fourth-order valence-corrected chi connectivity index (χ4v) is 4.05. The van der Waals surface area contributed by atoms with Gasteiger partial charge in [0.05, 0.1) is 6.10 Å². The van der Waals surface area contributed by atoms with E-state index >= 15 is 0 Å². The van der Waals surface area contributed by atoms with E-state index in [2.05, 4.69) is 52.9 Å². The molecular formula is C22H43NO. The summed E-state index contributed by atoms with van der Waals surface area (Å²) in [6.45, 7) is 13.9. The highest BCUT2D eigenvalue weighted by Gasteiger charge is 2.35. The van der Waals surface area contributed by atoms with E-state index in [-0.39, 0.29) is 6.23 Å². The van der Waals surface area contributed by atoms with Crippen molar-refractivity contribution in [1.82, 2.24) is 5.32 Å². The van der Waals surface area contributed by atoms with Gasteiger partial charge in [-0.05, 0) is 75.8 Å². The molecule has 0 aromatic rings. The fourth-order valence-electron chi connectivity index (χ4n) is 4.05. The fraction of sp³-hybridized carbons (Fsp3) is 0.909. The summed E-state index contributed by atoms with van der Waals surface area (Å²) in [5.41, 5.74) is 2.01. The molecule has 0 aromatic carbocycles. The molecule has 2 nitrogen and oxygen atoms in total. The lowest BCUT2D eigenvalue weighted by atomic mass is 9.67. The summed E-state index contributed by atoms with van der Waals surface area (Å²) in [5.74, 6) is 1.49. The smallest absolute Gasteiger partial charge is 0.127 e. The molecule has 1 fully saturated rings. The highest BCUT2D eigenvalue weighted by molar-refractivity contribution is 5.05. The number of likely N-dealkylation sites (N-methyl/N-ethyl adjacent to an activating group) is 1. The lowest BCUT2D eigenvalue weighted by Crippen LogP contribution is -2.37. The molecule has 142 valence electrons. The van der Waals surface area contributed by atoms with E-state index in [0.717, 1.165) is 5.92 Å². The molecule has 1 aliphatic rings. The van der Waals surface area contributed by atoms with E-state index in [9.17, 15) is 0 Å². The van der Waals surface area contributed by atoms with E-state index in [1.807, 2.05) is 7.05 Å². The van der Waals surface area contributed by atoms with E-state index in [1.165, 1.54) is 56.9 Å². The number of rotatable bonds is 10. The van der Waals surface area contributed by atoms with Crippen LogP contribution in [0.4, 0.5) is 0 Å². The molecule has 3 unspecified atom stereocenters.